The minimum absolute atomic E-state index is 0.0976. The molecule has 0 saturated carbocycles. The van der Waals surface area contributed by atoms with Crippen molar-refractivity contribution in [3.05, 3.63) is 119 Å². The Morgan fingerprint density at radius 3 is 2.35 bits per heavy atom. The van der Waals surface area contributed by atoms with Gasteiger partial charge in [0.1, 0.15) is 11.8 Å². The van der Waals surface area contributed by atoms with Crippen molar-refractivity contribution in [2.75, 3.05) is 44.2 Å². The number of piperidine rings is 1. The number of rotatable bonds is 13. The van der Waals surface area contributed by atoms with Gasteiger partial charge in [-0.3, -0.25) is 34.2 Å². The average molecular weight is 741 g/mol. The zero-order valence-electron chi connectivity index (χ0n) is 31.4. The summed E-state index contributed by atoms with van der Waals surface area (Å²) in [5.41, 5.74) is 7.26. The van der Waals surface area contributed by atoms with E-state index in [0.29, 0.717) is 24.2 Å². The van der Waals surface area contributed by atoms with Gasteiger partial charge >= 0.3 is 0 Å². The number of nitrogens with zero attached hydrogens (tertiary/aromatic N) is 3. The number of amides is 4. The number of allylic oxidation sites excluding steroid dienone is 6. The van der Waals surface area contributed by atoms with E-state index in [-0.39, 0.29) is 24.5 Å². The van der Waals surface area contributed by atoms with E-state index >= 15 is 0 Å². The largest absolute Gasteiger partial charge is 0.494 e. The number of hydrogen-bond acceptors (Lipinski definition) is 8. The number of nitrogens with one attached hydrogen (secondary N) is 1. The van der Waals surface area contributed by atoms with Crippen LogP contribution in [0.2, 0.25) is 0 Å². The monoisotopic (exact) mass is 740 g/mol. The Balaban J connectivity index is 0.874. The zero-order valence-corrected chi connectivity index (χ0v) is 31.4. The average Bonchev–Trinajstić information content (AvgIpc) is 3.32. The van der Waals surface area contributed by atoms with E-state index in [1.54, 1.807) is 18.2 Å². The molecule has 3 aliphatic heterocycles. The van der Waals surface area contributed by atoms with Gasteiger partial charge in [0.15, 0.2) is 5.78 Å². The molecule has 0 spiro atoms. The third-order valence-electron chi connectivity index (χ3n) is 10.9. The van der Waals surface area contributed by atoms with Crippen LogP contribution in [0.25, 0.3) is 11.1 Å². The number of anilines is 1. The number of carbonyl (C=O) groups excluding carboxylic acids is 5. The molecule has 10 heteroatoms. The highest BCUT2D eigenvalue weighted by molar-refractivity contribution is 6.23. The topological polar surface area (TPSA) is 116 Å². The van der Waals surface area contributed by atoms with Gasteiger partial charge in [-0.2, -0.15) is 0 Å². The predicted octanol–water partition coefficient (Wildman–Crippen LogP) is 6.63. The molecule has 55 heavy (non-hydrogen) atoms. The third-order valence-corrected chi connectivity index (χ3v) is 10.9. The Morgan fingerprint density at radius 1 is 0.800 bits per heavy atom. The van der Waals surface area contributed by atoms with E-state index in [0.717, 1.165) is 97.9 Å². The van der Waals surface area contributed by atoms with Gasteiger partial charge in [-0.05, 0) is 116 Å². The molecule has 1 unspecified atom stereocenters. The summed E-state index contributed by atoms with van der Waals surface area (Å²) in [6.07, 6.45) is 11.3. The van der Waals surface area contributed by atoms with Crippen LogP contribution in [-0.4, -0.2) is 84.6 Å². The molecule has 0 aromatic heterocycles. The molecule has 7 rings (SSSR count). The SMILES string of the molecule is CC/C(=C(\C1=CCC(=O)C=C1)c1ccc(OCCCCCN2CCCN(c3ccc4c(c3)C(=O)N(C3CCC(=O)NC3=O)C4=O)CC2)cc1)c1ccccc1. The van der Waals surface area contributed by atoms with E-state index in [1.165, 1.54) is 11.1 Å². The quantitative estimate of drug-likeness (QED) is 0.118. The lowest BCUT2D eigenvalue weighted by Gasteiger charge is -2.27. The first-order chi connectivity index (χ1) is 26.8. The van der Waals surface area contributed by atoms with Gasteiger partial charge in [0, 0.05) is 38.2 Å². The first-order valence-corrected chi connectivity index (χ1v) is 19.6. The molecular weight excluding hydrogens is 693 g/mol. The highest BCUT2D eigenvalue weighted by Crippen LogP contribution is 2.37. The maximum absolute atomic E-state index is 13.3. The molecule has 3 aromatic carbocycles. The molecule has 4 aliphatic rings. The Kier molecular flexibility index (Phi) is 11.8. The lowest BCUT2D eigenvalue weighted by atomic mass is 9.86. The number of fused-ring (bicyclic) bond motifs is 1. The van der Waals surface area contributed by atoms with Gasteiger partial charge in [-0.15, -0.1) is 0 Å². The molecule has 2 fully saturated rings. The van der Waals surface area contributed by atoms with Crippen LogP contribution in [0, 0.1) is 0 Å². The minimum Gasteiger partial charge on any atom is -0.494 e. The van der Waals surface area contributed by atoms with E-state index in [9.17, 15) is 24.0 Å². The third kappa shape index (κ3) is 8.55. The summed E-state index contributed by atoms with van der Waals surface area (Å²) in [6, 6.07) is 23.1. The molecule has 2 saturated heterocycles. The summed E-state index contributed by atoms with van der Waals surface area (Å²) in [5, 5.41) is 2.25. The maximum Gasteiger partial charge on any atom is 0.262 e. The van der Waals surface area contributed by atoms with Crippen molar-refractivity contribution in [2.45, 2.75) is 64.3 Å². The second-order valence-electron chi connectivity index (χ2n) is 14.5. The van der Waals surface area contributed by atoms with Crippen LogP contribution < -0.4 is 15.0 Å². The van der Waals surface area contributed by atoms with Gasteiger partial charge < -0.3 is 14.5 Å². The van der Waals surface area contributed by atoms with Crippen LogP contribution in [0.3, 0.4) is 0 Å². The second kappa shape index (κ2) is 17.2. The van der Waals surface area contributed by atoms with Gasteiger partial charge in [0.2, 0.25) is 11.8 Å². The van der Waals surface area contributed by atoms with E-state index in [2.05, 4.69) is 58.4 Å². The number of ether oxygens (including phenoxy) is 1. The number of imide groups is 2. The Labute approximate surface area is 322 Å². The van der Waals surface area contributed by atoms with Crippen LogP contribution in [-0.2, 0) is 14.4 Å². The summed E-state index contributed by atoms with van der Waals surface area (Å²) in [5.74, 6) is -0.980. The molecule has 3 aromatic rings. The minimum atomic E-state index is -0.966. The van der Waals surface area contributed by atoms with Gasteiger partial charge in [0.25, 0.3) is 11.8 Å². The molecule has 10 nitrogen and oxygen atoms in total. The van der Waals surface area contributed by atoms with E-state index < -0.39 is 23.8 Å². The van der Waals surface area contributed by atoms with Crippen molar-refractivity contribution in [1.82, 2.24) is 15.1 Å². The van der Waals surface area contributed by atoms with Crippen molar-refractivity contribution >= 4 is 46.2 Å². The van der Waals surface area contributed by atoms with E-state index in [1.807, 2.05) is 36.4 Å². The fourth-order valence-electron chi connectivity index (χ4n) is 8.02. The molecular formula is C45H48N4O6. The predicted molar refractivity (Wildman–Crippen MR) is 213 cm³/mol. The molecule has 1 atom stereocenters. The maximum atomic E-state index is 13.3. The Morgan fingerprint density at radius 2 is 1.60 bits per heavy atom. The summed E-state index contributed by atoms with van der Waals surface area (Å²) < 4.78 is 6.15. The van der Waals surface area contributed by atoms with Crippen LogP contribution in [0.15, 0.2) is 96.6 Å². The summed E-state index contributed by atoms with van der Waals surface area (Å²) in [6.45, 7) is 7.38. The first kappa shape index (κ1) is 37.7. The normalized spacial score (nSPS) is 19.5. The van der Waals surface area contributed by atoms with Crippen LogP contribution in [0.1, 0.15) is 90.1 Å². The highest BCUT2D eigenvalue weighted by Gasteiger charge is 2.44. The molecule has 1 N–H and O–H groups in total. The Hall–Kier alpha value is -5.61. The summed E-state index contributed by atoms with van der Waals surface area (Å²) in [4.78, 5) is 68.2. The summed E-state index contributed by atoms with van der Waals surface area (Å²) >= 11 is 0. The number of carbonyl (C=O) groups is 5. The first-order valence-electron chi connectivity index (χ1n) is 19.6. The fourth-order valence-corrected chi connectivity index (χ4v) is 8.02. The number of ketones is 1. The van der Waals surface area contributed by atoms with E-state index in [4.69, 9.17) is 4.74 Å². The fraction of sp³-hybridized carbons (Fsp3) is 0.356. The molecule has 3 heterocycles. The molecule has 0 radical (unpaired) electrons. The highest BCUT2D eigenvalue weighted by atomic mass is 16.5. The van der Waals surface area contributed by atoms with Crippen molar-refractivity contribution in [3.63, 3.8) is 0 Å². The van der Waals surface area contributed by atoms with Crippen molar-refractivity contribution in [3.8, 4) is 5.75 Å². The lowest BCUT2D eigenvalue weighted by Crippen LogP contribution is -2.54. The van der Waals surface area contributed by atoms with Gasteiger partial charge in [0.05, 0.1) is 17.7 Å². The smallest absolute Gasteiger partial charge is 0.262 e. The lowest BCUT2D eigenvalue weighted by molar-refractivity contribution is -0.136. The number of hydrogen-bond donors (Lipinski definition) is 1. The second-order valence-corrected chi connectivity index (χ2v) is 14.5. The molecule has 4 amide bonds. The standard InChI is InChI=1S/C45H48N4O6/c1-2-37(31-10-5-3-6-11-31)42(32-12-17-35(50)18-13-32)33-14-19-36(20-15-33)55-29-8-4-7-24-47-25-9-26-48(28-27-47)34-16-21-38-39(30-34)45(54)49(44(38)53)40-22-23-41(51)46-43(40)52/h3,5-6,10-17,19-21,30,40H,2,4,7-9,18,22-29H2,1H3,(H,46,51,52)/b42-37-. The molecule has 0 bridgehead atoms. The number of benzene rings is 3. The summed E-state index contributed by atoms with van der Waals surface area (Å²) in [7, 11) is 0. The van der Waals surface area contributed by atoms with Gasteiger partial charge in [-0.1, -0.05) is 61.5 Å². The zero-order chi connectivity index (χ0) is 38.3. The van der Waals surface area contributed by atoms with Crippen molar-refractivity contribution in [1.29, 1.82) is 0 Å². The number of unbranched alkanes of at least 4 members (excludes halogenated alkanes) is 2. The molecule has 1 aliphatic carbocycles. The molecule has 284 valence electrons. The van der Waals surface area contributed by atoms with Crippen molar-refractivity contribution in [2.24, 2.45) is 0 Å². The van der Waals surface area contributed by atoms with Crippen LogP contribution in [0.5, 0.6) is 5.75 Å². The van der Waals surface area contributed by atoms with Crippen LogP contribution >= 0.6 is 0 Å². The van der Waals surface area contributed by atoms with Crippen LogP contribution in [0.4, 0.5) is 5.69 Å². The van der Waals surface area contributed by atoms with Gasteiger partial charge in [-0.25, -0.2) is 0 Å². The van der Waals surface area contributed by atoms with Crippen molar-refractivity contribution < 1.29 is 28.7 Å². The Bertz CT molecular complexity index is 2050.